The number of esters is 1. The van der Waals surface area contributed by atoms with E-state index >= 15 is 0 Å². The van der Waals surface area contributed by atoms with Crippen LogP contribution in [0, 0.1) is 0 Å². The molecule has 2 nitrogen and oxygen atoms in total. The summed E-state index contributed by atoms with van der Waals surface area (Å²) >= 11 is 2.57. The van der Waals surface area contributed by atoms with E-state index in [4.69, 9.17) is 0 Å². The van der Waals surface area contributed by atoms with Gasteiger partial charge in [-0.2, -0.15) is 26.3 Å². The van der Waals surface area contributed by atoms with Crippen LogP contribution in [0.5, 0.6) is 0 Å². The van der Waals surface area contributed by atoms with Crippen LogP contribution in [-0.4, -0.2) is 12.6 Å². The maximum atomic E-state index is 12.8. The number of hydrogen-bond donors (Lipinski definition) is 0. The number of carbonyl (C=O) groups is 1. The summed E-state index contributed by atoms with van der Waals surface area (Å²) in [5.41, 5.74) is -3.55. The molecule has 0 aliphatic carbocycles. The minimum Gasteiger partial charge on any atom is -0.466 e. The summed E-state index contributed by atoms with van der Waals surface area (Å²) in [7, 11) is 0. The normalized spacial score (nSPS) is 12.4. The standard InChI is InChI=1S/C12H9BrF6O2/c1-2-21-10(20)4-6-3-9(13)8(12(17,18)19)5-7(6)11(14,15)16/h3,5H,2,4H2,1H3. The monoisotopic (exact) mass is 378 g/mol. The van der Waals surface area contributed by atoms with E-state index in [9.17, 15) is 31.1 Å². The molecule has 1 aromatic carbocycles. The Morgan fingerprint density at radius 3 is 2.05 bits per heavy atom. The maximum absolute atomic E-state index is 12.8. The second-order valence-corrected chi connectivity index (χ2v) is 4.82. The smallest absolute Gasteiger partial charge is 0.417 e. The summed E-state index contributed by atoms with van der Waals surface area (Å²) in [5.74, 6) is -0.949. The van der Waals surface area contributed by atoms with Crippen LogP contribution >= 0.6 is 15.9 Å². The summed E-state index contributed by atoms with van der Waals surface area (Å²) < 4.78 is 80.4. The third-order valence-corrected chi connectivity index (χ3v) is 3.10. The molecular weight excluding hydrogens is 370 g/mol. The molecular formula is C12H9BrF6O2. The lowest BCUT2D eigenvalue weighted by atomic mass is 10.0. The van der Waals surface area contributed by atoms with E-state index in [2.05, 4.69) is 20.7 Å². The van der Waals surface area contributed by atoms with E-state index in [0.717, 1.165) is 0 Å². The minimum atomic E-state index is -5.01. The van der Waals surface area contributed by atoms with E-state index in [-0.39, 0.29) is 12.7 Å². The van der Waals surface area contributed by atoms with Gasteiger partial charge >= 0.3 is 18.3 Å². The van der Waals surface area contributed by atoms with Gasteiger partial charge in [0.15, 0.2) is 0 Å². The van der Waals surface area contributed by atoms with Crippen LogP contribution in [0.2, 0.25) is 0 Å². The van der Waals surface area contributed by atoms with Crippen molar-refractivity contribution in [2.75, 3.05) is 6.61 Å². The Labute approximate surface area is 124 Å². The number of alkyl halides is 6. The van der Waals surface area contributed by atoms with Crippen molar-refractivity contribution in [2.24, 2.45) is 0 Å². The Kier molecular flexibility index (Phi) is 5.30. The molecule has 1 aromatic rings. The van der Waals surface area contributed by atoms with E-state index in [0.29, 0.717) is 6.07 Å². The number of carbonyl (C=O) groups excluding carboxylic acids is 1. The first-order valence-corrected chi connectivity index (χ1v) is 6.38. The lowest BCUT2D eigenvalue weighted by molar-refractivity contribution is -0.144. The fourth-order valence-corrected chi connectivity index (χ4v) is 2.22. The molecule has 0 N–H and O–H groups in total. The number of benzene rings is 1. The minimum absolute atomic E-state index is 0.0152. The van der Waals surface area contributed by atoms with Crippen molar-refractivity contribution in [3.63, 3.8) is 0 Å². The van der Waals surface area contributed by atoms with Crippen LogP contribution in [0.3, 0.4) is 0 Å². The van der Waals surface area contributed by atoms with Gasteiger partial charge in [0.25, 0.3) is 0 Å². The van der Waals surface area contributed by atoms with Crippen molar-refractivity contribution in [1.29, 1.82) is 0 Å². The molecule has 1 rings (SSSR count). The molecule has 0 aliphatic rings. The topological polar surface area (TPSA) is 26.3 Å². The summed E-state index contributed by atoms with van der Waals surface area (Å²) in [5, 5.41) is 0. The molecule has 0 atom stereocenters. The van der Waals surface area contributed by atoms with Crippen LogP contribution in [-0.2, 0) is 28.3 Å². The molecule has 118 valence electrons. The van der Waals surface area contributed by atoms with Crippen LogP contribution in [0.25, 0.3) is 0 Å². The predicted molar refractivity (Wildman–Crippen MR) is 64.5 cm³/mol. The molecule has 0 saturated carbocycles. The zero-order chi connectivity index (χ0) is 16.4. The van der Waals surface area contributed by atoms with Gasteiger partial charge in [0.1, 0.15) is 0 Å². The maximum Gasteiger partial charge on any atom is 0.417 e. The van der Waals surface area contributed by atoms with Crippen LogP contribution < -0.4 is 0 Å². The van der Waals surface area contributed by atoms with Crippen LogP contribution in [0.1, 0.15) is 23.6 Å². The molecule has 0 bridgehead atoms. The molecule has 0 amide bonds. The number of rotatable bonds is 3. The first-order chi connectivity index (χ1) is 9.46. The molecule has 0 aliphatic heterocycles. The van der Waals surface area contributed by atoms with Gasteiger partial charge in [-0.05, 0) is 24.6 Å². The van der Waals surface area contributed by atoms with E-state index in [1.54, 1.807) is 0 Å². The highest BCUT2D eigenvalue weighted by Crippen LogP contribution is 2.41. The second-order valence-electron chi connectivity index (χ2n) is 3.97. The fraction of sp³-hybridized carbons (Fsp3) is 0.417. The van der Waals surface area contributed by atoms with Gasteiger partial charge in [0, 0.05) is 4.47 Å². The molecule has 9 heteroatoms. The number of hydrogen-bond acceptors (Lipinski definition) is 2. The van der Waals surface area contributed by atoms with Crippen LogP contribution in [0.4, 0.5) is 26.3 Å². The van der Waals surface area contributed by atoms with Gasteiger partial charge < -0.3 is 4.74 Å². The van der Waals surface area contributed by atoms with Crippen molar-refractivity contribution in [1.82, 2.24) is 0 Å². The van der Waals surface area contributed by atoms with E-state index in [1.165, 1.54) is 6.92 Å². The Morgan fingerprint density at radius 2 is 1.62 bits per heavy atom. The molecule has 0 unspecified atom stereocenters. The molecule has 21 heavy (non-hydrogen) atoms. The first kappa shape index (κ1) is 17.8. The summed E-state index contributed by atoms with van der Waals surface area (Å²) in [6.07, 6.45) is -10.7. The largest absolute Gasteiger partial charge is 0.466 e. The number of ether oxygens (including phenoxy) is 1. The average molecular weight is 379 g/mol. The van der Waals surface area contributed by atoms with Crippen molar-refractivity contribution < 1.29 is 35.9 Å². The van der Waals surface area contributed by atoms with Crippen molar-refractivity contribution in [3.8, 4) is 0 Å². The quantitative estimate of drug-likeness (QED) is 0.567. The highest BCUT2D eigenvalue weighted by Gasteiger charge is 2.40. The Morgan fingerprint density at radius 1 is 1.10 bits per heavy atom. The summed E-state index contributed by atoms with van der Waals surface area (Å²) in [6.45, 7) is 1.42. The lowest BCUT2D eigenvalue weighted by Gasteiger charge is -2.17. The molecule has 0 radical (unpaired) electrons. The molecule has 0 aromatic heterocycles. The van der Waals surface area contributed by atoms with Gasteiger partial charge in [0.05, 0.1) is 24.2 Å². The lowest BCUT2D eigenvalue weighted by Crippen LogP contribution is -2.17. The van der Waals surface area contributed by atoms with Gasteiger partial charge in [0.2, 0.25) is 0 Å². The molecule has 0 saturated heterocycles. The molecule has 0 heterocycles. The Hall–Kier alpha value is -1.25. The SMILES string of the molecule is CCOC(=O)Cc1cc(Br)c(C(F)(F)F)cc1C(F)(F)F. The van der Waals surface area contributed by atoms with E-state index < -0.39 is 45.9 Å². The number of halogens is 7. The zero-order valence-electron chi connectivity index (χ0n) is 10.5. The highest BCUT2D eigenvalue weighted by atomic mass is 79.9. The third-order valence-electron chi connectivity index (χ3n) is 2.44. The Balaban J connectivity index is 3.37. The van der Waals surface area contributed by atoms with Gasteiger partial charge in [-0.1, -0.05) is 15.9 Å². The van der Waals surface area contributed by atoms with Crippen molar-refractivity contribution in [2.45, 2.75) is 25.7 Å². The molecule has 0 fully saturated rings. The van der Waals surface area contributed by atoms with Gasteiger partial charge in [-0.25, -0.2) is 0 Å². The summed E-state index contributed by atoms with van der Waals surface area (Å²) in [4.78, 5) is 11.3. The van der Waals surface area contributed by atoms with Crippen LogP contribution in [0.15, 0.2) is 16.6 Å². The third kappa shape index (κ3) is 4.62. The molecule has 0 spiro atoms. The van der Waals surface area contributed by atoms with E-state index in [1.807, 2.05) is 0 Å². The van der Waals surface area contributed by atoms with Gasteiger partial charge in [-0.3, -0.25) is 4.79 Å². The first-order valence-electron chi connectivity index (χ1n) is 5.59. The average Bonchev–Trinajstić information content (AvgIpc) is 2.25. The fourth-order valence-electron chi connectivity index (χ4n) is 1.61. The Bertz CT molecular complexity index is 536. The predicted octanol–water partition coefficient (Wildman–Crippen LogP) is 4.59. The summed E-state index contributed by atoms with van der Waals surface area (Å²) in [6, 6.07) is 0.626. The highest BCUT2D eigenvalue weighted by molar-refractivity contribution is 9.10. The second kappa shape index (κ2) is 6.25. The van der Waals surface area contributed by atoms with Crippen molar-refractivity contribution in [3.05, 3.63) is 33.3 Å². The zero-order valence-corrected chi connectivity index (χ0v) is 12.1. The van der Waals surface area contributed by atoms with Crippen molar-refractivity contribution >= 4 is 21.9 Å². The van der Waals surface area contributed by atoms with Gasteiger partial charge in [-0.15, -0.1) is 0 Å².